The maximum Gasteiger partial charge on any atom is 0.407 e. The van der Waals surface area contributed by atoms with Gasteiger partial charge in [-0.3, -0.25) is 4.68 Å². The van der Waals surface area contributed by atoms with E-state index in [0.717, 1.165) is 0 Å². The second-order valence-corrected chi connectivity index (χ2v) is 4.88. The van der Waals surface area contributed by atoms with Crippen molar-refractivity contribution < 1.29 is 13.2 Å². The van der Waals surface area contributed by atoms with Gasteiger partial charge in [0.2, 0.25) is 0 Å². The monoisotopic (exact) mass is 235 g/mol. The van der Waals surface area contributed by atoms with Gasteiger partial charge in [0.25, 0.3) is 0 Å². The molecule has 92 valence electrons. The molecule has 1 atom stereocenters. The van der Waals surface area contributed by atoms with E-state index in [1.165, 1.54) is 10.9 Å². The van der Waals surface area contributed by atoms with Crippen molar-refractivity contribution in [2.75, 3.05) is 0 Å². The highest BCUT2D eigenvalue weighted by Gasteiger charge is 2.41. The molecule has 1 unspecified atom stereocenters. The molecule has 0 amide bonds. The number of aryl methyl sites for hydroxylation is 1. The van der Waals surface area contributed by atoms with Crippen LogP contribution in [0.2, 0.25) is 0 Å². The summed E-state index contributed by atoms with van der Waals surface area (Å²) >= 11 is 0. The Hall–Kier alpha value is -1.04. The van der Waals surface area contributed by atoms with E-state index < -0.39 is 17.6 Å². The Labute approximate surface area is 92.4 Å². The van der Waals surface area contributed by atoms with Crippen molar-refractivity contribution in [1.29, 1.82) is 0 Å². The lowest BCUT2D eigenvalue weighted by atomic mass is 9.87. The average molecular weight is 235 g/mol. The number of nitrogens with zero attached hydrogens (tertiary/aromatic N) is 2. The Kier molecular flexibility index (Phi) is 3.06. The predicted molar refractivity (Wildman–Crippen MR) is 54.9 cm³/mol. The number of hydrogen-bond acceptors (Lipinski definition) is 2. The second-order valence-electron chi connectivity index (χ2n) is 4.88. The third kappa shape index (κ3) is 2.55. The first-order chi connectivity index (χ1) is 7.03. The number of hydrogen-bond donors (Lipinski definition) is 1. The molecule has 0 aliphatic carbocycles. The number of rotatable bonds is 1. The van der Waals surface area contributed by atoms with Crippen LogP contribution in [0.1, 0.15) is 38.1 Å². The molecule has 1 heterocycles. The minimum Gasteiger partial charge on any atom is -0.316 e. The van der Waals surface area contributed by atoms with Crippen molar-refractivity contribution in [2.24, 2.45) is 12.8 Å². The highest BCUT2D eigenvalue weighted by molar-refractivity contribution is 5.28. The molecule has 0 aliphatic rings. The normalized spacial score (nSPS) is 15.2. The summed E-state index contributed by atoms with van der Waals surface area (Å²) in [7, 11) is 1.59. The summed E-state index contributed by atoms with van der Waals surface area (Å²) in [4.78, 5) is 0. The van der Waals surface area contributed by atoms with Gasteiger partial charge in [0.15, 0.2) is 0 Å². The van der Waals surface area contributed by atoms with Gasteiger partial charge in [0, 0.05) is 24.2 Å². The molecule has 6 heteroatoms. The van der Waals surface area contributed by atoms with Gasteiger partial charge in [-0.25, -0.2) is 0 Å². The molecule has 0 saturated heterocycles. The molecule has 16 heavy (non-hydrogen) atoms. The third-order valence-electron chi connectivity index (χ3n) is 2.26. The Morgan fingerprint density at radius 1 is 1.31 bits per heavy atom. The van der Waals surface area contributed by atoms with Gasteiger partial charge < -0.3 is 5.73 Å². The maximum absolute atomic E-state index is 12.6. The van der Waals surface area contributed by atoms with Crippen LogP contribution in [-0.2, 0) is 12.5 Å². The highest BCUT2D eigenvalue weighted by Crippen LogP contribution is 2.35. The molecule has 0 aliphatic heterocycles. The van der Waals surface area contributed by atoms with Crippen LogP contribution in [0.4, 0.5) is 13.2 Å². The van der Waals surface area contributed by atoms with E-state index in [-0.39, 0.29) is 5.56 Å². The second kappa shape index (κ2) is 3.76. The molecule has 3 nitrogen and oxygen atoms in total. The van der Waals surface area contributed by atoms with Gasteiger partial charge in [-0.15, -0.1) is 0 Å². The van der Waals surface area contributed by atoms with Crippen LogP contribution in [0.25, 0.3) is 0 Å². The van der Waals surface area contributed by atoms with Gasteiger partial charge in [-0.2, -0.15) is 18.3 Å². The van der Waals surface area contributed by atoms with Crippen molar-refractivity contribution in [3.05, 3.63) is 17.5 Å². The van der Waals surface area contributed by atoms with Crippen LogP contribution >= 0.6 is 0 Å². The van der Waals surface area contributed by atoms with E-state index in [1.54, 1.807) is 7.05 Å². The van der Waals surface area contributed by atoms with Crippen molar-refractivity contribution in [3.63, 3.8) is 0 Å². The van der Waals surface area contributed by atoms with E-state index in [1.807, 2.05) is 20.8 Å². The van der Waals surface area contributed by atoms with Crippen molar-refractivity contribution in [2.45, 2.75) is 38.4 Å². The molecular formula is C10H16F3N3. The maximum atomic E-state index is 12.6. The first kappa shape index (κ1) is 13.0. The van der Waals surface area contributed by atoms with Gasteiger partial charge in [0.05, 0.1) is 5.69 Å². The molecule has 0 saturated carbocycles. The van der Waals surface area contributed by atoms with E-state index in [0.29, 0.717) is 5.69 Å². The number of aromatic nitrogens is 2. The first-order valence-corrected chi connectivity index (χ1v) is 4.90. The summed E-state index contributed by atoms with van der Waals surface area (Å²) in [5.74, 6) is 0. The molecular weight excluding hydrogens is 219 g/mol. The Bertz CT molecular complexity index is 374. The molecule has 0 bridgehead atoms. The van der Waals surface area contributed by atoms with Crippen molar-refractivity contribution in [3.8, 4) is 0 Å². The van der Waals surface area contributed by atoms with E-state index >= 15 is 0 Å². The number of alkyl halides is 3. The van der Waals surface area contributed by atoms with Gasteiger partial charge in [-0.1, -0.05) is 20.8 Å². The molecule has 1 rings (SSSR count). The van der Waals surface area contributed by atoms with Crippen LogP contribution < -0.4 is 5.73 Å². The highest BCUT2D eigenvalue weighted by atomic mass is 19.4. The molecule has 0 aromatic carbocycles. The van der Waals surface area contributed by atoms with E-state index in [9.17, 15) is 13.2 Å². The lowest BCUT2D eigenvalue weighted by Crippen LogP contribution is -2.30. The molecule has 0 fully saturated rings. The molecule has 1 aromatic heterocycles. The zero-order chi connectivity index (χ0) is 12.7. The van der Waals surface area contributed by atoms with Crippen LogP contribution in [0, 0.1) is 0 Å². The van der Waals surface area contributed by atoms with Crippen molar-refractivity contribution in [1.82, 2.24) is 9.78 Å². The zero-order valence-corrected chi connectivity index (χ0v) is 9.76. The Balaban J connectivity index is 3.24. The molecule has 1 aromatic rings. The fourth-order valence-electron chi connectivity index (χ4n) is 1.49. The minimum atomic E-state index is -4.44. The zero-order valence-electron chi connectivity index (χ0n) is 9.76. The molecule has 0 radical (unpaired) electrons. The quantitative estimate of drug-likeness (QED) is 0.811. The molecule has 0 spiro atoms. The summed E-state index contributed by atoms with van der Waals surface area (Å²) in [6.07, 6.45) is -3.11. The summed E-state index contributed by atoms with van der Waals surface area (Å²) < 4.78 is 39.0. The lowest BCUT2D eigenvalue weighted by Gasteiger charge is -2.21. The van der Waals surface area contributed by atoms with E-state index in [4.69, 9.17) is 5.73 Å². The standard InChI is InChI=1S/C10H16F3N3/c1-9(2,3)8-6(5-16(4)15-8)7(14)10(11,12)13/h5,7H,14H2,1-4H3. The predicted octanol–water partition coefficient (Wildman–Crippen LogP) is 2.28. The van der Waals surface area contributed by atoms with Crippen LogP contribution in [0.3, 0.4) is 0 Å². The number of halogens is 3. The van der Waals surface area contributed by atoms with E-state index in [2.05, 4.69) is 5.10 Å². The summed E-state index contributed by atoms with van der Waals surface area (Å²) in [5, 5.41) is 4.05. The van der Waals surface area contributed by atoms with Crippen molar-refractivity contribution >= 4 is 0 Å². The SMILES string of the molecule is Cn1cc(C(N)C(F)(F)F)c(C(C)(C)C)n1. The first-order valence-electron chi connectivity index (χ1n) is 4.90. The lowest BCUT2D eigenvalue weighted by molar-refractivity contribution is -0.149. The third-order valence-corrected chi connectivity index (χ3v) is 2.26. The summed E-state index contributed by atoms with van der Waals surface area (Å²) in [5.41, 5.74) is 5.18. The van der Waals surface area contributed by atoms with Gasteiger partial charge >= 0.3 is 6.18 Å². The summed E-state index contributed by atoms with van der Waals surface area (Å²) in [6, 6.07) is -1.98. The van der Waals surface area contributed by atoms with Crippen LogP contribution in [-0.4, -0.2) is 16.0 Å². The van der Waals surface area contributed by atoms with Gasteiger partial charge in [-0.05, 0) is 0 Å². The smallest absolute Gasteiger partial charge is 0.316 e. The topological polar surface area (TPSA) is 43.8 Å². The largest absolute Gasteiger partial charge is 0.407 e. The number of nitrogens with two attached hydrogens (primary N) is 1. The fraction of sp³-hybridized carbons (Fsp3) is 0.700. The minimum absolute atomic E-state index is 0.0440. The fourth-order valence-corrected chi connectivity index (χ4v) is 1.49. The Morgan fingerprint density at radius 2 is 1.81 bits per heavy atom. The van der Waals surface area contributed by atoms with Crippen LogP contribution in [0.15, 0.2) is 6.20 Å². The van der Waals surface area contributed by atoms with Crippen LogP contribution in [0.5, 0.6) is 0 Å². The Morgan fingerprint density at radius 3 is 2.19 bits per heavy atom. The molecule has 2 N–H and O–H groups in total. The summed E-state index contributed by atoms with van der Waals surface area (Å²) in [6.45, 7) is 5.42. The van der Waals surface area contributed by atoms with Gasteiger partial charge in [0.1, 0.15) is 6.04 Å². The average Bonchev–Trinajstić information content (AvgIpc) is 2.43.